The van der Waals surface area contributed by atoms with Crippen LogP contribution in [-0.4, -0.2) is 0 Å². The largest absolute Gasteiger partial charge is 0.120 e. The second kappa shape index (κ2) is 6.23. The summed E-state index contributed by atoms with van der Waals surface area (Å²) in [7, 11) is 0. The van der Waals surface area contributed by atoms with Gasteiger partial charge in [-0.3, -0.25) is 0 Å². The Morgan fingerprint density at radius 2 is 2.23 bits per heavy atom. The molecule has 2 heteroatoms. The van der Waals surface area contributed by atoms with Crippen LogP contribution in [0, 0.1) is 11.8 Å². The molecule has 70 valence electrons. The maximum atomic E-state index is 3.42. The highest BCUT2D eigenvalue weighted by atomic mass is 79.9. The average Bonchev–Trinajstić information content (AvgIpc) is 2.51. The predicted octanol–water partition coefficient (Wildman–Crippen LogP) is 4.44. The summed E-state index contributed by atoms with van der Waals surface area (Å²) >= 11 is 5.11. The van der Waals surface area contributed by atoms with Crippen LogP contribution in [0.1, 0.15) is 37.5 Å². The van der Waals surface area contributed by atoms with Gasteiger partial charge in [0.05, 0.1) is 8.66 Å². The molecule has 0 saturated carbocycles. The fourth-order valence-electron chi connectivity index (χ4n) is 0.994. The third-order valence-corrected chi connectivity index (χ3v) is 3.23. The van der Waals surface area contributed by atoms with Crippen LogP contribution < -0.4 is 0 Å². The van der Waals surface area contributed by atoms with E-state index in [4.69, 9.17) is 0 Å². The Balaban J connectivity index is 2.31. The van der Waals surface area contributed by atoms with Gasteiger partial charge in [-0.1, -0.05) is 31.6 Å². The molecule has 0 saturated heterocycles. The Labute approximate surface area is 92.5 Å². The standard InChI is InChI=1S/C11H13BrS/c1-2-3-4-5-6-7-10-8-9-11(12)13-10/h8-9H,2-5H2,1H3. The highest BCUT2D eigenvalue weighted by Crippen LogP contribution is 2.20. The average molecular weight is 257 g/mol. The van der Waals surface area contributed by atoms with Crippen LogP contribution in [0.4, 0.5) is 0 Å². The maximum absolute atomic E-state index is 3.42. The van der Waals surface area contributed by atoms with E-state index in [1.54, 1.807) is 11.3 Å². The first-order chi connectivity index (χ1) is 6.33. The normalized spacial score (nSPS) is 9.38. The molecular formula is C11H13BrS. The predicted molar refractivity (Wildman–Crippen MR) is 63.0 cm³/mol. The van der Waals surface area contributed by atoms with Gasteiger partial charge in [-0.05, 0) is 34.5 Å². The Kier molecular flexibility index (Phi) is 5.19. The van der Waals surface area contributed by atoms with E-state index in [0.29, 0.717) is 0 Å². The van der Waals surface area contributed by atoms with Gasteiger partial charge in [-0.25, -0.2) is 0 Å². The smallest absolute Gasteiger partial charge is 0.0780 e. The molecule has 0 aromatic carbocycles. The molecule has 0 nitrogen and oxygen atoms in total. The zero-order valence-corrected chi connectivity index (χ0v) is 10.2. The minimum atomic E-state index is 1.03. The summed E-state index contributed by atoms with van der Waals surface area (Å²) in [4.78, 5) is 1.16. The van der Waals surface area contributed by atoms with Crippen molar-refractivity contribution in [3.63, 3.8) is 0 Å². The summed E-state index contributed by atoms with van der Waals surface area (Å²) in [5.41, 5.74) is 0. The van der Waals surface area contributed by atoms with Crippen LogP contribution in [0.5, 0.6) is 0 Å². The van der Waals surface area contributed by atoms with Crippen molar-refractivity contribution in [3.8, 4) is 11.8 Å². The molecule has 0 spiro atoms. The minimum absolute atomic E-state index is 1.03. The lowest BCUT2D eigenvalue weighted by Crippen LogP contribution is -1.71. The Morgan fingerprint density at radius 3 is 2.85 bits per heavy atom. The maximum Gasteiger partial charge on any atom is 0.0780 e. The van der Waals surface area contributed by atoms with Crippen LogP contribution in [-0.2, 0) is 0 Å². The van der Waals surface area contributed by atoms with Crippen molar-refractivity contribution in [2.75, 3.05) is 0 Å². The van der Waals surface area contributed by atoms with E-state index in [9.17, 15) is 0 Å². The number of thiophene rings is 1. The first-order valence-electron chi connectivity index (χ1n) is 4.57. The van der Waals surface area contributed by atoms with Crippen molar-refractivity contribution < 1.29 is 0 Å². The Hall–Kier alpha value is -0.260. The monoisotopic (exact) mass is 256 g/mol. The van der Waals surface area contributed by atoms with Crippen LogP contribution in [0.2, 0.25) is 0 Å². The highest BCUT2D eigenvalue weighted by Gasteiger charge is 1.91. The fourth-order valence-corrected chi connectivity index (χ4v) is 2.26. The molecule has 0 radical (unpaired) electrons. The second-order valence-electron chi connectivity index (χ2n) is 2.86. The van der Waals surface area contributed by atoms with E-state index in [2.05, 4.69) is 40.8 Å². The molecule has 0 unspecified atom stereocenters. The van der Waals surface area contributed by atoms with Gasteiger partial charge in [-0.2, -0.15) is 0 Å². The quantitative estimate of drug-likeness (QED) is 0.554. The first-order valence-corrected chi connectivity index (χ1v) is 6.18. The van der Waals surface area contributed by atoms with Gasteiger partial charge in [0.15, 0.2) is 0 Å². The van der Waals surface area contributed by atoms with Crippen LogP contribution in [0.3, 0.4) is 0 Å². The molecule has 1 aromatic rings. The van der Waals surface area contributed by atoms with Crippen LogP contribution in [0.25, 0.3) is 0 Å². The van der Waals surface area contributed by atoms with Gasteiger partial charge in [0, 0.05) is 6.42 Å². The molecule has 1 rings (SSSR count). The summed E-state index contributed by atoms with van der Waals surface area (Å²) in [6.07, 6.45) is 4.83. The molecule has 0 aliphatic rings. The van der Waals surface area contributed by atoms with E-state index in [-0.39, 0.29) is 0 Å². The first kappa shape index (κ1) is 10.8. The van der Waals surface area contributed by atoms with Gasteiger partial charge >= 0.3 is 0 Å². The van der Waals surface area contributed by atoms with E-state index in [1.165, 1.54) is 19.3 Å². The van der Waals surface area contributed by atoms with Gasteiger partial charge in [0.25, 0.3) is 0 Å². The topological polar surface area (TPSA) is 0 Å². The molecule has 0 amide bonds. The zero-order chi connectivity index (χ0) is 9.52. The molecule has 0 aliphatic carbocycles. The van der Waals surface area contributed by atoms with E-state index in [1.807, 2.05) is 6.07 Å². The molecule has 0 bridgehead atoms. The van der Waals surface area contributed by atoms with E-state index >= 15 is 0 Å². The van der Waals surface area contributed by atoms with E-state index < -0.39 is 0 Å². The van der Waals surface area contributed by atoms with Gasteiger partial charge in [-0.15, -0.1) is 11.3 Å². The van der Waals surface area contributed by atoms with Gasteiger partial charge in [0.2, 0.25) is 0 Å². The number of hydrogen-bond donors (Lipinski definition) is 0. The summed E-state index contributed by atoms with van der Waals surface area (Å²) in [5.74, 6) is 6.35. The SMILES string of the molecule is CCCCCC#Cc1ccc(Br)s1. The van der Waals surface area contributed by atoms with Crippen molar-refractivity contribution in [3.05, 3.63) is 20.8 Å². The van der Waals surface area contributed by atoms with Crippen molar-refractivity contribution in [1.29, 1.82) is 0 Å². The van der Waals surface area contributed by atoms with Gasteiger partial charge in [0.1, 0.15) is 0 Å². The molecule has 1 heterocycles. The number of unbranched alkanes of at least 4 members (excludes halogenated alkanes) is 3. The molecule has 0 fully saturated rings. The lowest BCUT2D eigenvalue weighted by Gasteiger charge is -1.87. The van der Waals surface area contributed by atoms with E-state index in [0.717, 1.165) is 15.1 Å². The van der Waals surface area contributed by atoms with Crippen molar-refractivity contribution in [2.24, 2.45) is 0 Å². The summed E-state index contributed by atoms with van der Waals surface area (Å²) in [6.45, 7) is 2.21. The van der Waals surface area contributed by atoms with Crippen LogP contribution in [0.15, 0.2) is 15.9 Å². The van der Waals surface area contributed by atoms with Gasteiger partial charge < -0.3 is 0 Å². The molecular weight excluding hydrogens is 244 g/mol. The van der Waals surface area contributed by atoms with Crippen LogP contribution >= 0.6 is 27.3 Å². The Bertz CT molecular complexity index is 303. The third kappa shape index (κ3) is 4.50. The summed E-state index contributed by atoms with van der Waals surface area (Å²) < 4.78 is 1.16. The molecule has 0 aliphatic heterocycles. The van der Waals surface area contributed by atoms with Crippen molar-refractivity contribution >= 4 is 27.3 Å². The van der Waals surface area contributed by atoms with Crippen molar-refractivity contribution in [2.45, 2.75) is 32.6 Å². The highest BCUT2D eigenvalue weighted by molar-refractivity contribution is 9.11. The number of halogens is 1. The second-order valence-corrected chi connectivity index (χ2v) is 5.33. The fraction of sp³-hybridized carbons (Fsp3) is 0.455. The third-order valence-electron chi connectivity index (χ3n) is 1.69. The van der Waals surface area contributed by atoms with Crippen molar-refractivity contribution in [1.82, 2.24) is 0 Å². The lowest BCUT2D eigenvalue weighted by molar-refractivity contribution is 0.737. The molecule has 0 atom stereocenters. The molecule has 13 heavy (non-hydrogen) atoms. The number of rotatable bonds is 3. The molecule has 0 N–H and O–H groups in total. The zero-order valence-electron chi connectivity index (χ0n) is 7.77. The lowest BCUT2D eigenvalue weighted by atomic mass is 10.2. The minimum Gasteiger partial charge on any atom is -0.120 e. The molecule has 1 aromatic heterocycles. The number of hydrogen-bond acceptors (Lipinski definition) is 1. The summed E-state index contributed by atoms with van der Waals surface area (Å²) in [5, 5.41) is 0. The summed E-state index contributed by atoms with van der Waals surface area (Å²) in [6, 6.07) is 4.10. The Morgan fingerprint density at radius 1 is 1.38 bits per heavy atom.